The summed E-state index contributed by atoms with van der Waals surface area (Å²) >= 11 is 0. The zero-order valence-corrected chi connectivity index (χ0v) is 18.6. The maximum atomic E-state index is 12.9. The lowest BCUT2D eigenvalue weighted by atomic mass is 10.2. The monoisotopic (exact) mass is 466 g/mol. The molecule has 0 unspecified atom stereocenters. The Kier molecular flexibility index (Phi) is 8.56. The van der Waals surface area contributed by atoms with E-state index in [9.17, 15) is 14.0 Å². The van der Waals surface area contributed by atoms with E-state index in [1.165, 1.54) is 37.6 Å². The van der Waals surface area contributed by atoms with Gasteiger partial charge in [0.05, 0.1) is 25.5 Å². The van der Waals surface area contributed by atoms with E-state index in [1.807, 2.05) is 6.92 Å². The van der Waals surface area contributed by atoms with Gasteiger partial charge in [0, 0.05) is 0 Å². The number of rotatable bonds is 10. The number of hydrogen-bond donors (Lipinski definition) is 1. The first kappa shape index (κ1) is 24.2. The van der Waals surface area contributed by atoms with Crippen LogP contribution in [0.4, 0.5) is 4.39 Å². The highest BCUT2D eigenvalue weighted by molar-refractivity contribution is 5.92. The van der Waals surface area contributed by atoms with Gasteiger partial charge in [0.2, 0.25) is 0 Å². The van der Waals surface area contributed by atoms with Crippen molar-refractivity contribution in [2.75, 3.05) is 20.3 Å². The van der Waals surface area contributed by atoms with E-state index in [-0.39, 0.29) is 12.4 Å². The highest BCUT2D eigenvalue weighted by atomic mass is 19.1. The minimum Gasteiger partial charge on any atom is -0.494 e. The second-order valence-electron chi connectivity index (χ2n) is 6.79. The minimum atomic E-state index is -0.545. The van der Waals surface area contributed by atoms with Crippen molar-refractivity contribution in [1.82, 2.24) is 5.43 Å². The molecular formula is C25H23FN2O6. The minimum absolute atomic E-state index is 0.232. The molecule has 0 atom stereocenters. The fourth-order valence-electron chi connectivity index (χ4n) is 2.75. The van der Waals surface area contributed by atoms with Crippen LogP contribution in [0, 0.1) is 5.82 Å². The summed E-state index contributed by atoms with van der Waals surface area (Å²) in [5.74, 6) is 0.137. The van der Waals surface area contributed by atoms with E-state index in [0.717, 1.165) is 0 Å². The number of amides is 1. The average molecular weight is 466 g/mol. The number of carbonyl (C=O) groups excluding carboxylic acids is 2. The van der Waals surface area contributed by atoms with Crippen LogP contribution in [0.3, 0.4) is 0 Å². The van der Waals surface area contributed by atoms with Gasteiger partial charge in [-0.1, -0.05) is 0 Å². The molecule has 1 N–H and O–H groups in total. The van der Waals surface area contributed by atoms with E-state index >= 15 is 0 Å². The third kappa shape index (κ3) is 7.06. The average Bonchev–Trinajstić information content (AvgIpc) is 2.85. The number of methoxy groups -OCH3 is 1. The Balaban J connectivity index is 1.55. The molecule has 34 heavy (non-hydrogen) atoms. The van der Waals surface area contributed by atoms with Crippen LogP contribution in [-0.2, 0) is 4.79 Å². The Bertz CT molecular complexity index is 1150. The molecule has 0 aliphatic heterocycles. The molecule has 3 aromatic rings. The molecule has 0 saturated carbocycles. The standard InChI is InChI=1S/C25H23FN2O6/c1-3-32-20-9-5-18(6-10-20)25(30)34-22-13-4-17(14-23(22)31-2)15-27-28-24(29)16-33-21-11-7-19(26)8-12-21/h4-15H,3,16H2,1-2H3,(H,28,29)/b27-15+. The third-order valence-corrected chi connectivity index (χ3v) is 4.38. The second kappa shape index (κ2) is 12.0. The molecule has 0 aromatic heterocycles. The van der Waals surface area contributed by atoms with Crippen molar-refractivity contribution in [3.05, 3.63) is 83.7 Å². The lowest BCUT2D eigenvalue weighted by Crippen LogP contribution is -2.24. The lowest BCUT2D eigenvalue weighted by Gasteiger charge is -2.10. The molecule has 176 valence electrons. The fourth-order valence-corrected chi connectivity index (χ4v) is 2.75. The summed E-state index contributed by atoms with van der Waals surface area (Å²) in [4.78, 5) is 24.3. The largest absolute Gasteiger partial charge is 0.494 e. The smallest absolute Gasteiger partial charge is 0.343 e. The molecule has 0 spiro atoms. The first-order valence-electron chi connectivity index (χ1n) is 10.3. The maximum absolute atomic E-state index is 12.9. The van der Waals surface area contributed by atoms with Gasteiger partial charge in [0.25, 0.3) is 5.91 Å². The number of carbonyl (C=O) groups is 2. The summed E-state index contributed by atoms with van der Waals surface area (Å²) in [6.07, 6.45) is 1.40. The molecule has 0 aliphatic carbocycles. The predicted molar refractivity (Wildman–Crippen MR) is 123 cm³/mol. The molecule has 0 radical (unpaired) electrons. The molecule has 0 aliphatic rings. The van der Waals surface area contributed by atoms with E-state index in [4.69, 9.17) is 18.9 Å². The van der Waals surface area contributed by atoms with Crippen LogP contribution in [-0.4, -0.2) is 38.4 Å². The van der Waals surface area contributed by atoms with Crippen LogP contribution in [0.5, 0.6) is 23.0 Å². The van der Waals surface area contributed by atoms with Crippen LogP contribution in [0.2, 0.25) is 0 Å². The van der Waals surface area contributed by atoms with Gasteiger partial charge >= 0.3 is 5.97 Å². The van der Waals surface area contributed by atoms with Crippen molar-refractivity contribution in [2.24, 2.45) is 5.10 Å². The van der Waals surface area contributed by atoms with Gasteiger partial charge in [-0.05, 0) is 79.2 Å². The molecule has 3 aromatic carbocycles. The van der Waals surface area contributed by atoms with Crippen molar-refractivity contribution >= 4 is 18.1 Å². The maximum Gasteiger partial charge on any atom is 0.343 e. The van der Waals surface area contributed by atoms with Crippen LogP contribution < -0.4 is 24.4 Å². The van der Waals surface area contributed by atoms with Crippen molar-refractivity contribution in [2.45, 2.75) is 6.92 Å². The molecule has 3 rings (SSSR count). The summed E-state index contributed by atoms with van der Waals surface area (Å²) < 4.78 is 34.2. The summed E-state index contributed by atoms with van der Waals surface area (Å²) in [6, 6.07) is 16.7. The number of hydrogen-bond acceptors (Lipinski definition) is 7. The first-order valence-corrected chi connectivity index (χ1v) is 10.3. The Morgan fingerprint density at radius 1 is 0.941 bits per heavy atom. The van der Waals surface area contributed by atoms with Crippen molar-refractivity contribution < 1.29 is 32.9 Å². The molecule has 0 bridgehead atoms. The summed E-state index contributed by atoms with van der Waals surface area (Å²) in [5, 5.41) is 3.87. The van der Waals surface area contributed by atoms with Crippen molar-refractivity contribution in [3.8, 4) is 23.0 Å². The number of ether oxygens (including phenoxy) is 4. The Hall–Kier alpha value is -4.40. The Morgan fingerprint density at radius 2 is 1.62 bits per heavy atom. The van der Waals surface area contributed by atoms with Gasteiger partial charge in [-0.3, -0.25) is 4.79 Å². The fraction of sp³-hybridized carbons (Fsp3) is 0.160. The Labute approximate surface area is 195 Å². The highest BCUT2D eigenvalue weighted by Crippen LogP contribution is 2.28. The molecule has 9 heteroatoms. The topological polar surface area (TPSA) is 95.5 Å². The summed E-state index contributed by atoms with van der Waals surface area (Å²) in [7, 11) is 1.44. The van der Waals surface area contributed by atoms with Gasteiger partial charge in [-0.25, -0.2) is 14.6 Å². The van der Waals surface area contributed by atoms with E-state index in [1.54, 1.807) is 42.5 Å². The van der Waals surface area contributed by atoms with Gasteiger partial charge < -0.3 is 18.9 Å². The van der Waals surface area contributed by atoms with Gasteiger partial charge in [0.1, 0.15) is 17.3 Å². The number of nitrogens with zero attached hydrogens (tertiary/aromatic N) is 1. The zero-order chi connectivity index (χ0) is 24.3. The SMILES string of the molecule is CCOc1ccc(C(=O)Oc2ccc(/C=N/NC(=O)COc3ccc(F)cc3)cc2OC)cc1. The molecule has 1 amide bonds. The number of esters is 1. The summed E-state index contributed by atoms with van der Waals surface area (Å²) in [5.41, 5.74) is 3.28. The Morgan fingerprint density at radius 3 is 2.29 bits per heavy atom. The number of nitrogens with one attached hydrogen (secondary N) is 1. The van der Waals surface area contributed by atoms with E-state index < -0.39 is 17.7 Å². The van der Waals surface area contributed by atoms with Crippen molar-refractivity contribution in [3.63, 3.8) is 0 Å². The number of halogens is 1. The van der Waals surface area contributed by atoms with Crippen LogP contribution >= 0.6 is 0 Å². The molecule has 0 heterocycles. The molecular weight excluding hydrogens is 443 g/mol. The third-order valence-electron chi connectivity index (χ3n) is 4.38. The number of hydrazone groups is 1. The number of benzene rings is 3. The highest BCUT2D eigenvalue weighted by Gasteiger charge is 2.13. The van der Waals surface area contributed by atoms with Crippen LogP contribution in [0.1, 0.15) is 22.8 Å². The van der Waals surface area contributed by atoms with Crippen molar-refractivity contribution in [1.29, 1.82) is 0 Å². The molecule has 0 saturated heterocycles. The molecule has 8 nitrogen and oxygen atoms in total. The summed E-state index contributed by atoms with van der Waals surface area (Å²) in [6.45, 7) is 2.12. The van der Waals surface area contributed by atoms with E-state index in [2.05, 4.69) is 10.5 Å². The lowest BCUT2D eigenvalue weighted by molar-refractivity contribution is -0.123. The predicted octanol–water partition coefficient (Wildman–Crippen LogP) is 3.98. The van der Waals surface area contributed by atoms with Crippen LogP contribution in [0.25, 0.3) is 0 Å². The van der Waals surface area contributed by atoms with Crippen LogP contribution in [0.15, 0.2) is 71.8 Å². The first-order chi connectivity index (χ1) is 16.5. The second-order valence-corrected chi connectivity index (χ2v) is 6.79. The van der Waals surface area contributed by atoms with Gasteiger partial charge in [0.15, 0.2) is 18.1 Å². The zero-order valence-electron chi connectivity index (χ0n) is 18.6. The normalized spacial score (nSPS) is 10.6. The van der Waals surface area contributed by atoms with E-state index in [0.29, 0.717) is 35.0 Å². The van der Waals surface area contributed by atoms with Gasteiger partial charge in [-0.15, -0.1) is 0 Å². The molecule has 0 fully saturated rings. The van der Waals surface area contributed by atoms with Gasteiger partial charge in [-0.2, -0.15) is 5.10 Å². The quantitative estimate of drug-likeness (QED) is 0.210.